The van der Waals surface area contributed by atoms with Gasteiger partial charge in [0.1, 0.15) is 5.69 Å². The summed E-state index contributed by atoms with van der Waals surface area (Å²) in [6, 6.07) is 10.7. The van der Waals surface area contributed by atoms with Crippen LogP contribution in [0.25, 0.3) is 0 Å². The molecule has 1 aromatic heterocycles. The number of nitrogens with one attached hydrogen (secondary N) is 1. The Balaban J connectivity index is 1.62. The average Bonchev–Trinajstić information content (AvgIpc) is 3.00. The summed E-state index contributed by atoms with van der Waals surface area (Å²) < 4.78 is 23.3. The van der Waals surface area contributed by atoms with Crippen molar-refractivity contribution in [2.45, 2.75) is 19.0 Å². The zero-order valence-electron chi connectivity index (χ0n) is 14.4. The smallest absolute Gasteiger partial charge is 0.270 e. The van der Waals surface area contributed by atoms with Crippen LogP contribution in [0.4, 0.5) is 5.69 Å². The number of aromatic nitrogens is 1. The van der Waals surface area contributed by atoms with Crippen LogP contribution >= 0.6 is 11.6 Å². The summed E-state index contributed by atoms with van der Waals surface area (Å²) in [7, 11) is -1.10. The first-order valence-electron chi connectivity index (χ1n) is 8.26. The molecule has 1 unspecified atom stereocenters. The molecule has 3 rings (SSSR count). The number of rotatable bonds is 5. The fraction of sp³-hybridized carbons (Fsp3) is 0.333. The van der Waals surface area contributed by atoms with E-state index in [9.17, 15) is 13.2 Å². The van der Waals surface area contributed by atoms with Crippen molar-refractivity contribution in [2.24, 2.45) is 0 Å². The summed E-state index contributed by atoms with van der Waals surface area (Å²) in [6.07, 6.45) is 2.20. The maximum absolute atomic E-state index is 12.2. The van der Waals surface area contributed by atoms with Crippen LogP contribution in [-0.2, 0) is 16.4 Å². The number of hydrogen-bond donors (Lipinski definition) is 1. The van der Waals surface area contributed by atoms with Crippen LogP contribution in [0.2, 0.25) is 5.02 Å². The Morgan fingerprint density at radius 3 is 2.69 bits per heavy atom. The summed E-state index contributed by atoms with van der Waals surface area (Å²) in [6.45, 7) is 0.321. The lowest BCUT2D eigenvalue weighted by atomic mass is 10.2. The molecule has 0 aliphatic carbocycles. The first kappa shape index (κ1) is 18.7. The van der Waals surface area contributed by atoms with Crippen molar-refractivity contribution in [2.75, 3.05) is 23.5 Å². The third kappa shape index (κ3) is 4.34. The highest BCUT2D eigenvalue weighted by Crippen LogP contribution is 2.22. The van der Waals surface area contributed by atoms with Crippen LogP contribution in [0.3, 0.4) is 0 Å². The van der Waals surface area contributed by atoms with Gasteiger partial charge in [0.05, 0.1) is 23.4 Å². The van der Waals surface area contributed by atoms with Gasteiger partial charge in [-0.1, -0.05) is 29.8 Å². The monoisotopic (exact) mass is 393 g/mol. The Morgan fingerprint density at radius 2 is 2.08 bits per heavy atom. The van der Waals surface area contributed by atoms with Crippen molar-refractivity contribution in [3.05, 3.63) is 58.9 Å². The maximum Gasteiger partial charge on any atom is 0.270 e. The minimum Gasteiger partial charge on any atom is -0.369 e. The van der Waals surface area contributed by atoms with Gasteiger partial charge in [-0.2, -0.15) is 0 Å². The van der Waals surface area contributed by atoms with Crippen molar-refractivity contribution in [3.8, 4) is 0 Å². The molecule has 1 aliphatic heterocycles. The summed E-state index contributed by atoms with van der Waals surface area (Å²) in [5.74, 6) is 0.0872. The number of nitrogens with zero attached hydrogens (tertiary/aromatic N) is 2. The van der Waals surface area contributed by atoms with Gasteiger partial charge in [-0.25, -0.2) is 13.4 Å². The molecule has 1 amide bonds. The lowest BCUT2D eigenvalue weighted by Gasteiger charge is -2.25. The fourth-order valence-corrected chi connectivity index (χ4v) is 4.91. The van der Waals surface area contributed by atoms with Gasteiger partial charge in [-0.3, -0.25) is 4.79 Å². The van der Waals surface area contributed by atoms with Gasteiger partial charge >= 0.3 is 0 Å². The van der Waals surface area contributed by atoms with Gasteiger partial charge in [0, 0.05) is 24.7 Å². The van der Waals surface area contributed by atoms with Crippen LogP contribution in [0.15, 0.2) is 42.6 Å². The van der Waals surface area contributed by atoms with Crippen LogP contribution in [-0.4, -0.2) is 43.9 Å². The van der Waals surface area contributed by atoms with Crippen LogP contribution in [0.5, 0.6) is 0 Å². The van der Waals surface area contributed by atoms with E-state index in [0.29, 0.717) is 23.7 Å². The molecule has 0 radical (unpaired) electrons. The van der Waals surface area contributed by atoms with Crippen molar-refractivity contribution in [1.82, 2.24) is 10.3 Å². The molecule has 0 saturated carbocycles. The molecule has 2 heterocycles. The first-order chi connectivity index (χ1) is 12.4. The summed E-state index contributed by atoms with van der Waals surface area (Å²) in [4.78, 5) is 18.4. The number of carbonyl (C=O) groups excluding carboxylic acids is 1. The van der Waals surface area contributed by atoms with Gasteiger partial charge in [-0.05, 0) is 30.2 Å². The van der Waals surface area contributed by atoms with Crippen LogP contribution < -0.4 is 10.2 Å². The van der Waals surface area contributed by atoms with Crippen molar-refractivity contribution >= 4 is 33.0 Å². The average molecular weight is 394 g/mol. The number of benzene rings is 1. The third-order valence-corrected chi connectivity index (χ3v) is 6.66. The minimum absolute atomic E-state index is 0.0540. The Hall–Kier alpha value is -2.12. The molecule has 1 saturated heterocycles. The molecule has 1 fully saturated rings. The molecule has 6 nitrogen and oxygen atoms in total. The highest BCUT2D eigenvalue weighted by molar-refractivity contribution is 7.91. The van der Waals surface area contributed by atoms with Crippen LogP contribution in [0, 0.1) is 0 Å². The standard InChI is InChI=1S/C18H20ClN3O3S/c1-22(15-8-9-26(24,25)12-15)14-6-7-17(20-11-14)18(23)21-10-13-4-2-3-5-16(13)19/h2-7,11,15H,8-10,12H2,1H3,(H,21,23). The van der Waals surface area contributed by atoms with E-state index < -0.39 is 9.84 Å². The SMILES string of the molecule is CN(c1ccc(C(=O)NCc2ccccc2Cl)nc1)C1CCS(=O)(=O)C1. The van der Waals surface area contributed by atoms with E-state index >= 15 is 0 Å². The zero-order chi connectivity index (χ0) is 18.7. The lowest BCUT2D eigenvalue weighted by molar-refractivity contribution is 0.0946. The first-order valence-corrected chi connectivity index (χ1v) is 10.5. The molecule has 1 aliphatic rings. The largest absolute Gasteiger partial charge is 0.369 e. The molecule has 1 N–H and O–H groups in total. The molecule has 0 spiro atoms. The molecule has 1 aromatic carbocycles. The van der Waals surface area contributed by atoms with Crippen molar-refractivity contribution in [3.63, 3.8) is 0 Å². The predicted molar refractivity (Wildman–Crippen MR) is 102 cm³/mol. The van der Waals surface area contributed by atoms with E-state index in [0.717, 1.165) is 11.3 Å². The number of anilines is 1. The molecular formula is C18H20ClN3O3S. The van der Waals surface area contributed by atoms with E-state index in [2.05, 4.69) is 10.3 Å². The van der Waals surface area contributed by atoms with Crippen molar-refractivity contribution in [1.29, 1.82) is 0 Å². The predicted octanol–water partition coefficient (Wildman–Crippen LogP) is 2.29. The Morgan fingerprint density at radius 1 is 1.31 bits per heavy atom. The second kappa shape index (κ2) is 7.63. The van der Waals surface area contributed by atoms with E-state index in [-0.39, 0.29) is 23.5 Å². The number of sulfone groups is 1. The van der Waals surface area contributed by atoms with E-state index in [1.54, 1.807) is 24.4 Å². The molecule has 0 bridgehead atoms. The molecule has 26 heavy (non-hydrogen) atoms. The quantitative estimate of drug-likeness (QED) is 0.843. The van der Waals surface area contributed by atoms with Gasteiger partial charge in [0.25, 0.3) is 5.91 Å². The molecule has 8 heteroatoms. The topological polar surface area (TPSA) is 79.4 Å². The molecular weight excluding hydrogens is 374 g/mol. The summed E-state index contributed by atoms with van der Waals surface area (Å²) in [5.41, 5.74) is 1.92. The number of pyridine rings is 1. The molecule has 138 valence electrons. The number of amides is 1. The second-order valence-electron chi connectivity index (χ2n) is 6.34. The number of carbonyl (C=O) groups is 1. The number of halogens is 1. The molecule has 2 aromatic rings. The van der Waals surface area contributed by atoms with Crippen molar-refractivity contribution < 1.29 is 13.2 Å². The third-order valence-electron chi connectivity index (χ3n) is 4.54. The molecule has 1 atom stereocenters. The van der Waals surface area contributed by atoms with E-state index in [1.165, 1.54) is 0 Å². The summed E-state index contributed by atoms with van der Waals surface area (Å²) >= 11 is 6.08. The number of hydrogen-bond acceptors (Lipinski definition) is 5. The zero-order valence-corrected chi connectivity index (χ0v) is 15.9. The lowest BCUT2D eigenvalue weighted by Crippen LogP contribution is -2.32. The Kier molecular flexibility index (Phi) is 5.48. The Labute approximate surface area is 158 Å². The van der Waals surface area contributed by atoms with Crippen LogP contribution in [0.1, 0.15) is 22.5 Å². The second-order valence-corrected chi connectivity index (χ2v) is 8.98. The maximum atomic E-state index is 12.2. The normalized spacial score (nSPS) is 18.5. The Bertz CT molecular complexity index is 900. The highest BCUT2D eigenvalue weighted by Gasteiger charge is 2.30. The minimum atomic E-state index is -2.94. The fourth-order valence-electron chi connectivity index (χ4n) is 2.93. The van der Waals surface area contributed by atoms with Gasteiger partial charge < -0.3 is 10.2 Å². The summed E-state index contributed by atoms with van der Waals surface area (Å²) in [5, 5.41) is 3.39. The van der Waals surface area contributed by atoms with Gasteiger partial charge in [0.15, 0.2) is 9.84 Å². The van der Waals surface area contributed by atoms with Gasteiger partial charge in [0.2, 0.25) is 0 Å². The van der Waals surface area contributed by atoms with Gasteiger partial charge in [-0.15, -0.1) is 0 Å². The van der Waals surface area contributed by atoms with E-state index in [4.69, 9.17) is 11.6 Å². The van der Waals surface area contributed by atoms with E-state index in [1.807, 2.05) is 30.1 Å². The highest BCUT2D eigenvalue weighted by atomic mass is 35.5.